The summed E-state index contributed by atoms with van der Waals surface area (Å²) in [5.74, 6) is -4.51. The molecule has 42 heavy (non-hydrogen) atoms. The maximum absolute atomic E-state index is 12.2. The van der Waals surface area contributed by atoms with E-state index in [-0.39, 0.29) is 16.0 Å². The van der Waals surface area contributed by atoms with Crippen molar-refractivity contribution >= 4 is 34.3 Å². The second kappa shape index (κ2) is 15.0. The SMILES string of the molecule is CS(=O)(=O)c1ccc(C(O)C(CO)NC(=O)C(F)(F)F)cc1.Cc1ccc(C(O)C(CO)NC(=O)C(F)(F)F)c(S)c1. The summed E-state index contributed by atoms with van der Waals surface area (Å²) in [4.78, 5) is 22.0. The maximum atomic E-state index is 12.2. The number of hydrogen-bond acceptors (Lipinski definition) is 9. The van der Waals surface area contributed by atoms with Gasteiger partial charge in [-0.25, -0.2) is 8.42 Å². The summed E-state index contributed by atoms with van der Waals surface area (Å²) in [5.41, 5.74) is 1.13. The minimum absolute atomic E-state index is 0.0386. The molecular weight excluding hydrogens is 622 g/mol. The standard InChI is InChI=1S/C12H14F3NO5S.C12H14F3NO3S/c1-22(20,21)8-4-2-7(3-5-8)10(18)9(6-17)16-11(19)12(13,14)15;1-6-2-3-7(9(20)4-6)10(18)8(5-17)16-11(19)12(13,14)15/h2-5,9-10,17-18H,6H2,1H3,(H,16,19);2-4,8,10,17-18,20H,5H2,1H3,(H,16,19). The highest BCUT2D eigenvalue weighted by molar-refractivity contribution is 7.90. The molecule has 18 heteroatoms. The first kappa shape index (κ1) is 37.1. The van der Waals surface area contributed by atoms with E-state index in [2.05, 4.69) is 12.6 Å². The highest BCUT2D eigenvalue weighted by atomic mass is 32.2. The number of hydrogen-bond donors (Lipinski definition) is 7. The third kappa shape index (κ3) is 11.1. The van der Waals surface area contributed by atoms with Gasteiger partial charge in [-0.2, -0.15) is 26.3 Å². The van der Waals surface area contributed by atoms with Crippen LogP contribution in [-0.2, 0) is 19.4 Å². The van der Waals surface area contributed by atoms with E-state index in [1.807, 2.05) is 0 Å². The second-order valence-corrected chi connectivity index (χ2v) is 11.3. The molecule has 0 aliphatic heterocycles. The molecule has 236 valence electrons. The van der Waals surface area contributed by atoms with Crippen molar-refractivity contribution in [2.75, 3.05) is 19.5 Å². The zero-order chi connectivity index (χ0) is 32.6. The van der Waals surface area contributed by atoms with E-state index in [1.54, 1.807) is 24.4 Å². The van der Waals surface area contributed by atoms with Gasteiger partial charge in [0.25, 0.3) is 0 Å². The summed E-state index contributed by atoms with van der Waals surface area (Å²) < 4.78 is 95.5. The number of nitrogens with one attached hydrogen (secondary N) is 2. The fourth-order valence-corrected chi connectivity index (χ4v) is 4.26. The van der Waals surface area contributed by atoms with E-state index in [9.17, 15) is 54.6 Å². The number of aliphatic hydroxyl groups excluding tert-OH is 4. The summed E-state index contributed by atoms with van der Waals surface area (Å²) >= 11 is 4.11. The van der Waals surface area contributed by atoms with Gasteiger partial charge in [0, 0.05) is 11.2 Å². The summed E-state index contributed by atoms with van der Waals surface area (Å²) in [6.45, 7) is 0.00569. The number of carbonyl (C=O) groups excluding carboxylic acids is 2. The van der Waals surface area contributed by atoms with Gasteiger partial charge >= 0.3 is 24.2 Å². The lowest BCUT2D eigenvalue weighted by Gasteiger charge is -2.24. The van der Waals surface area contributed by atoms with Gasteiger partial charge in [-0.3, -0.25) is 9.59 Å². The van der Waals surface area contributed by atoms with Gasteiger partial charge in [-0.05, 0) is 36.2 Å². The zero-order valence-electron chi connectivity index (χ0n) is 21.8. The van der Waals surface area contributed by atoms with Crippen LogP contribution in [0.4, 0.5) is 26.3 Å². The Morgan fingerprint density at radius 1 is 0.833 bits per heavy atom. The topological polar surface area (TPSA) is 173 Å². The molecule has 0 saturated heterocycles. The van der Waals surface area contributed by atoms with Crippen LogP contribution in [0.15, 0.2) is 52.3 Å². The lowest BCUT2D eigenvalue weighted by atomic mass is 10.0. The van der Waals surface area contributed by atoms with E-state index in [0.29, 0.717) is 4.90 Å². The number of thiol groups is 1. The van der Waals surface area contributed by atoms with Crippen LogP contribution in [0.5, 0.6) is 0 Å². The van der Waals surface area contributed by atoms with Crippen molar-refractivity contribution in [3.63, 3.8) is 0 Å². The van der Waals surface area contributed by atoms with E-state index in [0.717, 1.165) is 24.0 Å². The Morgan fingerprint density at radius 3 is 1.62 bits per heavy atom. The molecule has 2 rings (SSSR count). The fraction of sp³-hybridized carbons (Fsp3) is 0.417. The number of aryl methyl sites for hydroxylation is 1. The Morgan fingerprint density at radius 2 is 1.26 bits per heavy atom. The maximum Gasteiger partial charge on any atom is 0.471 e. The summed E-state index contributed by atoms with van der Waals surface area (Å²) in [7, 11) is -3.46. The van der Waals surface area contributed by atoms with Gasteiger partial charge in [0.2, 0.25) is 0 Å². The highest BCUT2D eigenvalue weighted by Crippen LogP contribution is 2.26. The molecule has 2 aromatic rings. The van der Waals surface area contributed by atoms with Crippen molar-refractivity contribution in [3.8, 4) is 0 Å². The third-order valence-electron chi connectivity index (χ3n) is 5.46. The van der Waals surface area contributed by atoms with Crippen molar-refractivity contribution in [3.05, 3.63) is 59.2 Å². The Kier molecular flexibility index (Phi) is 13.3. The van der Waals surface area contributed by atoms with Crippen molar-refractivity contribution in [2.24, 2.45) is 0 Å². The molecule has 2 aromatic carbocycles. The molecule has 0 bridgehead atoms. The molecule has 0 aliphatic rings. The van der Waals surface area contributed by atoms with Gasteiger partial charge in [0.15, 0.2) is 9.84 Å². The minimum atomic E-state index is -5.15. The summed E-state index contributed by atoms with van der Waals surface area (Å²) in [5, 5.41) is 41.0. The normalized spacial score (nSPS) is 15.0. The molecule has 2 amide bonds. The lowest BCUT2D eigenvalue weighted by molar-refractivity contribution is -0.175. The van der Waals surface area contributed by atoms with Crippen LogP contribution in [-0.4, -0.2) is 84.6 Å². The molecule has 4 unspecified atom stereocenters. The molecule has 0 aromatic heterocycles. The van der Waals surface area contributed by atoms with Gasteiger partial charge in [0.05, 0.1) is 30.2 Å². The summed E-state index contributed by atoms with van der Waals surface area (Å²) in [6.07, 6.45) is -12.4. The molecule has 0 radical (unpaired) electrons. The van der Waals surface area contributed by atoms with Crippen molar-refractivity contribution in [1.29, 1.82) is 0 Å². The molecule has 0 heterocycles. The van der Waals surface area contributed by atoms with Crippen molar-refractivity contribution in [2.45, 2.75) is 53.4 Å². The molecule has 0 fully saturated rings. The van der Waals surface area contributed by atoms with Crippen molar-refractivity contribution in [1.82, 2.24) is 10.6 Å². The number of aliphatic hydroxyl groups is 4. The molecular formula is C24H28F6N2O8S2. The molecule has 0 aliphatic carbocycles. The Hall–Kier alpha value is -2.90. The van der Waals surface area contributed by atoms with E-state index in [1.165, 1.54) is 23.5 Å². The summed E-state index contributed by atoms with van der Waals surface area (Å²) in [6, 6.07) is 6.36. The van der Waals surface area contributed by atoms with E-state index in [4.69, 9.17) is 10.2 Å². The first-order chi connectivity index (χ1) is 19.1. The number of alkyl halides is 6. The van der Waals surface area contributed by atoms with Crippen LogP contribution in [0, 0.1) is 6.92 Å². The van der Waals surface area contributed by atoms with E-state index < -0.39 is 71.5 Å². The van der Waals surface area contributed by atoms with E-state index >= 15 is 0 Å². The number of rotatable bonds is 9. The monoisotopic (exact) mass is 650 g/mol. The molecule has 0 spiro atoms. The molecule has 0 saturated carbocycles. The molecule has 10 nitrogen and oxygen atoms in total. The zero-order valence-corrected chi connectivity index (χ0v) is 23.5. The number of sulfone groups is 1. The van der Waals surface area contributed by atoms with Crippen LogP contribution < -0.4 is 10.6 Å². The van der Waals surface area contributed by atoms with Crippen LogP contribution in [0.2, 0.25) is 0 Å². The number of halogens is 6. The molecule has 6 N–H and O–H groups in total. The highest BCUT2D eigenvalue weighted by Gasteiger charge is 2.41. The van der Waals surface area contributed by atoms with Crippen LogP contribution in [0.25, 0.3) is 0 Å². The third-order valence-corrected chi connectivity index (χ3v) is 6.97. The smallest absolute Gasteiger partial charge is 0.394 e. The Labute approximate surface area is 241 Å². The predicted octanol–water partition coefficient (Wildman–Crippen LogP) is 1.52. The minimum Gasteiger partial charge on any atom is -0.394 e. The average Bonchev–Trinajstić information content (AvgIpc) is 2.88. The van der Waals surface area contributed by atoms with Gasteiger partial charge in [-0.1, -0.05) is 29.8 Å². The largest absolute Gasteiger partial charge is 0.471 e. The Balaban J connectivity index is 0.000000422. The van der Waals surface area contributed by atoms with Gasteiger partial charge in [-0.15, -0.1) is 12.6 Å². The van der Waals surface area contributed by atoms with Gasteiger partial charge < -0.3 is 31.1 Å². The average molecular weight is 651 g/mol. The number of amides is 2. The Bertz CT molecular complexity index is 1320. The fourth-order valence-electron chi connectivity index (χ4n) is 3.21. The van der Waals surface area contributed by atoms with Crippen LogP contribution >= 0.6 is 12.6 Å². The lowest BCUT2D eigenvalue weighted by Crippen LogP contribution is -2.47. The predicted molar refractivity (Wildman–Crippen MR) is 138 cm³/mol. The second-order valence-electron chi connectivity index (χ2n) is 8.81. The quantitative estimate of drug-likeness (QED) is 0.158. The first-order valence-corrected chi connectivity index (χ1v) is 13.9. The van der Waals surface area contributed by atoms with Gasteiger partial charge in [0.1, 0.15) is 12.2 Å². The number of benzene rings is 2. The number of carbonyl (C=O) groups is 2. The van der Waals surface area contributed by atoms with Crippen molar-refractivity contribution < 1.29 is 64.8 Å². The van der Waals surface area contributed by atoms with Crippen LogP contribution in [0.1, 0.15) is 28.9 Å². The van der Waals surface area contributed by atoms with Crippen LogP contribution in [0.3, 0.4) is 0 Å². The first-order valence-electron chi connectivity index (χ1n) is 11.6. The molecule has 4 atom stereocenters.